The monoisotopic (exact) mass is 251 g/mol. The summed E-state index contributed by atoms with van der Waals surface area (Å²) >= 11 is 0. The van der Waals surface area contributed by atoms with Gasteiger partial charge in [-0.05, 0) is 31.7 Å². The second-order valence-electron chi connectivity index (χ2n) is 5.17. The van der Waals surface area contributed by atoms with Crippen molar-refractivity contribution in [2.45, 2.75) is 32.2 Å². The lowest BCUT2D eigenvalue weighted by atomic mass is 9.93. The second kappa shape index (κ2) is 6.00. The van der Waals surface area contributed by atoms with Crippen LogP contribution in [0.4, 0.5) is 0 Å². The van der Waals surface area contributed by atoms with E-state index in [0.29, 0.717) is 12.3 Å². The number of piperidine rings is 1. The zero-order valence-corrected chi connectivity index (χ0v) is 10.9. The summed E-state index contributed by atoms with van der Waals surface area (Å²) in [5.74, 6) is -0.151. The van der Waals surface area contributed by atoms with Crippen LogP contribution in [-0.4, -0.2) is 38.6 Å². The number of aryl methyl sites for hydroxylation is 1. The first-order valence-corrected chi connectivity index (χ1v) is 6.54. The van der Waals surface area contributed by atoms with Gasteiger partial charge in [0.2, 0.25) is 0 Å². The zero-order chi connectivity index (χ0) is 13.0. The minimum Gasteiger partial charge on any atom is -0.481 e. The van der Waals surface area contributed by atoms with Gasteiger partial charge >= 0.3 is 5.97 Å². The van der Waals surface area contributed by atoms with Crippen LogP contribution in [0, 0.1) is 5.92 Å². The third-order valence-electron chi connectivity index (χ3n) is 3.67. The summed E-state index contributed by atoms with van der Waals surface area (Å²) in [4.78, 5) is 17.1. The Balaban J connectivity index is 1.83. The molecular formula is C13H21N3O2. The van der Waals surface area contributed by atoms with Crippen LogP contribution >= 0.6 is 0 Å². The van der Waals surface area contributed by atoms with Gasteiger partial charge in [-0.1, -0.05) is 0 Å². The van der Waals surface area contributed by atoms with E-state index in [1.54, 1.807) is 0 Å². The Morgan fingerprint density at radius 3 is 3.11 bits per heavy atom. The fraction of sp³-hybridized carbons (Fsp3) is 0.692. The summed E-state index contributed by atoms with van der Waals surface area (Å²) in [7, 11) is 2.01. The van der Waals surface area contributed by atoms with E-state index in [1.807, 2.05) is 24.1 Å². The highest BCUT2D eigenvalue weighted by molar-refractivity contribution is 5.66. The van der Waals surface area contributed by atoms with Crippen LogP contribution in [0.3, 0.4) is 0 Å². The molecule has 1 aromatic heterocycles. The molecule has 2 rings (SSSR count). The van der Waals surface area contributed by atoms with Gasteiger partial charge in [0.1, 0.15) is 0 Å². The van der Waals surface area contributed by atoms with Crippen LogP contribution in [0.1, 0.15) is 31.4 Å². The smallest absolute Gasteiger partial charge is 0.303 e. The van der Waals surface area contributed by atoms with Crippen LogP contribution in [0.2, 0.25) is 0 Å². The van der Waals surface area contributed by atoms with E-state index >= 15 is 0 Å². The molecule has 2 heterocycles. The van der Waals surface area contributed by atoms with Crippen molar-refractivity contribution in [3.63, 3.8) is 0 Å². The number of carbonyl (C=O) groups is 1. The molecular weight excluding hydrogens is 230 g/mol. The Morgan fingerprint density at radius 1 is 1.61 bits per heavy atom. The summed E-state index contributed by atoms with van der Waals surface area (Å²) in [6.45, 7) is 3.04. The Hall–Kier alpha value is -1.36. The quantitative estimate of drug-likeness (QED) is 0.861. The molecule has 100 valence electrons. The third-order valence-corrected chi connectivity index (χ3v) is 3.67. The number of nitrogens with zero attached hydrogens (tertiary/aromatic N) is 3. The van der Waals surface area contributed by atoms with Gasteiger partial charge in [-0.25, -0.2) is 4.98 Å². The fourth-order valence-electron chi connectivity index (χ4n) is 2.62. The predicted molar refractivity (Wildman–Crippen MR) is 68.1 cm³/mol. The highest BCUT2D eigenvalue weighted by Gasteiger charge is 2.21. The van der Waals surface area contributed by atoms with Gasteiger partial charge in [0.05, 0.1) is 12.0 Å². The fourth-order valence-corrected chi connectivity index (χ4v) is 2.62. The van der Waals surface area contributed by atoms with Crippen LogP contribution in [-0.2, 0) is 18.4 Å². The molecule has 1 fully saturated rings. The topological polar surface area (TPSA) is 58.4 Å². The van der Waals surface area contributed by atoms with E-state index in [1.165, 1.54) is 12.1 Å². The number of likely N-dealkylation sites (tertiary alicyclic amines) is 1. The Labute approximate surface area is 107 Å². The number of aliphatic carboxylic acids is 1. The molecule has 0 aliphatic carbocycles. The van der Waals surface area contributed by atoms with Crippen molar-refractivity contribution >= 4 is 5.97 Å². The summed E-state index contributed by atoms with van der Waals surface area (Å²) in [5.41, 5.74) is 1.22. The summed E-state index contributed by atoms with van der Waals surface area (Å²) < 4.78 is 2.04. The molecule has 0 spiro atoms. The minimum absolute atomic E-state index is 0.296. The second-order valence-corrected chi connectivity index (χ2v) is 5.17. The van der Waals surface area contributed by atoms with Crippen molar-refractivity contribution in [2.75, 3.05) is 13.1 Å². The standard InChI is InChI=1S/C13H21N3O2/c1-15-10-14-7-12(15)9-16-6-2-3-11(8-16)4-5-13(17)18/h7,10-11H,2-6,8-9H2,1H3,(H,17,18). The molecule has 5 nitrogen and oxygen atoms in total. The Morgan fingerprint density at radius 2 is 2.44 bits per heavy atom. The number of carboxylic acid groups (broad SMARTS) is 1. The Kier molecular flexibility index (Phi) is 4.36. The lowest BCUT2D eigenvalue weighted by molar-refractivity contribution is -0.137. The van der Waals surface area contributed by atoms with E-state index in [9.17, 15) is 4.79 Å². The number of aromatic nitrogens is 2. The van der Waals surface area contributed by atoms with Gasteiger partial charge in [-0.3, -0.25) is 9.69 Å². The molecule has 0 aromatic carbocycles. The summed E-state index contributed by atoms with van der Waals surface area (Å²) in [6, 6.07) is 0. The molecule has 1 unspecified atom stereocenters. The average Bonchev–Trinajstić information content (AvgIpc) is 2.73. The van der Waals surface area contributed by atoms with E-state index in [-0.39, 0.29) is 0 Å². The molecule has 0 radical (unpaired) electrons. The molecule has 1 aromatic rings. The van der Waals surface area contributed by atoms with Gasteiger partial charge in [-0.2, -0.15) is 0 Å². The maximum atomic E-state index is 10.6. The summed E-state index contributed by atoms with van der Waals surface area (Å²) in [6.07, 6.45) is 7.15. The molecule has 1 saturated heterocycles. The van der Waals surface area contributed by atoms with Crippen LogP contribution < -0.4 is 0 Å². The van der Waals surface area contributed by atoms with Gasteiger partial charge in [0.15, 0.2) is 0 Å². The first-order chi connectivity index (χ1) is 8.65. The van der Waals surface area contributed by atoms with Gasteiger partial charge in [0, 0.05) is 32.8 Å². The largest absolute Gasteiger partial charge is 0.481 e. The molecule has 0 amide bonds. The number of carboxylic acids is 1. The normalized spacial score (nSPS) is 21.1. The maximum absolute atomic E-state index is 10.6. The zero-order valence-electron chi connectivity index (χ0n) is 10.9. The number of imidazole rings is 1. The van der Waals surface area contributed by atoms with Crippen molar-refractivity contribution in [2.24, 2.45) is 13.0 Å². The maximum Gasteiger partial charge on any atom is 0.303 e. The van der Waals surface area contributed by atoms with Crippen molar-refractivity contribution < 1.29 is 9.90 Å². The van der Waals surface area contributed by atoms with E-state index < -0.39 is 5.97 Å². The van der Waals surface area contributed by atoms with Gasteiger partial charge in [0.25, 0.3) is 0 Å². The third kappa shape index (κ3) is 3.57. The molecule has 0 bridgehead atoms. The molecule has 18 heavy (non-hydrogen) atoms. The molecule has 1 N–H and O–H groups in total. The van der Waals surface area contributed by atoms with E-state index in [2.05, 4.69) is 9.88 Å². The van der Waals surface area contributed by atoms with E-state index in [0.717, 1.165) is 32.5 Å². The first kappa shape index (κ1) is 13.1. The van der Waals surface area contributed by atoms with Crippen LogP contribution in [0.5, 0.6) is 0 Å². The minimum atomic E-state index is -0.682. The lowest BCUT2D eigenvalue weighted by Gasteiger charge is -2.32. The summed E-state index contributed by atoms with van der Waals surface area (Å²) in [5, 5.41) is 8.73. The molecule has 1 atom stereocenters. The van der Waals surface area contributed by atoms with Crippen molar-refractivity contribution in [1.82, 2.24) is 14.5 Å². The van der Waals surface area contributed by atoms with Crippen LogP contribution in [0.25, 0.3) is 0 Å². The molecule has 1 aliphatic rings. The van der Waals surface area contributed by atoms with Crippen LogP contribution in [0.15, 0.2) is 12.5 Å². The molecule has 0 saturated carbocycles. The SMILES string of the molecule is Cn1cncc1CN1CCCC(CCC(=O)O)C1. The first-order valence-electron chi connectivity index (χ1n) is 6.54. The number of hydrogen-bond donors (Lipinski definition) is 1. The number of rotatable bonds is 5. The predicted octanol–water partition coefficient (Wildman–Crippen LogP) is 1.50. The lowest BCUT2D eigenvalue weighted by Crippen LogP contribution is -2.35. The van der Waals surface area contributed by atoms with Crippen molar-refractivity contribution in [1.29, 1.82) is 0 Å². The molecule has 5 heteroatoms. The van der Waals surface area contributed by atoms with Crippen molar-refractivity contribution in [3.8, 4) is 0 Å². The average molecular weight is 251 g/mol. The highest BCUT2D eigenvalue weighted by atomic mass is 16.4. The van der Waals surface area contributed by atoms with E-state index in [4.69, 9.17) is 5.11 Å². The number of hydrogen-bond acceptors (Lipinski definition) is 3. The Bertz CT molecular complexity index is 403. The van der Waals surface area contributed by atoms with Gasteiger partial charge < -0.3 is 9.67 Å². The highest BCUT2D eigenvalue weighted by Crippen LogP contribution is 2.22. The van der Waals surface area contributed by atoms with Gasteiger partial charge in [-0.15, -0.1) is 0 Å². The molecule has 1 aliphatic heterocycles. The van der Waals surface area contributed by atoms with Crippen molar-refractivity contribution in [3.05, 3.63) is 18.2 Å².